The van der Waals surface area contributed by atoms with Gasteiger partial charge in [-0.1, -0.05) is 19.1 Å². The Hall–Kier alpha value is -1.88. The third kappa shape index (κ3) is 2.93. The Balaban J connectivity index is 2.53. The number of hydrogen-bond acceptors (Lipinski definition) is 4. The molecular formula is C14H15NO3S. The molecule has 2 rings (SSSR count). The summed E-state index contributed by atoms with van der Waals surface area (Å²) in [5.74, 6) is -0.135. The molecule has 100 valence electrons. The lowest BCUT2D eigenvalue weighted by Gasteiger charge is -2.07. The first-order valence-electron chi connectivity index (χ1n) is 5.99. The lowest BCUT2D eigenvalue weighted by Crippen LogP contribution is -2.00. The molecule has 0 aliphatic heterocycles. The lowest BCUT2D eigenvalue weighted by atomic mass is 10.1. The highest BCUT2D eigenvalue weighted by Crippen LogP contribution is 2.34. The number of aliphatic carboxylic acids is 1. The molecule has 0 saturated carbocycles. The standard InChI is InChI=1S/C14H15NO3S/c1-3-12-15-14(11(19-12)8-13(16)17)9-6-4-5-7-10(9)18-2/h4-7H,3,8H2,1-2H3,(H,16,17). The molecule has 0 spiro atoms. The van der Waals surface area contributed by atoms with Gasteiger partial charge in [0.2, 0.25) is 0 Å². The molecule has 1 aromatic carbocycles. The van der Waals surface area contributed by atoms with Crippen LogP contribution in [0.25, 0.3) is 11.3 Å². The van der Waals surface area contributed by atoms with Crippen molar-refractivity contribution in [1.82, 2.24) is 4.98 Å². The van der Waals surface area contributed by atoms with Crippen LogP contribution in [0.4, 0.5) is 0 Å². The number of ether oxygens (including phenoxy) is 1. The summed E-state index contributed by atoms with van der Waals surface area (Å²) in [4.78, 5) is 16.3. The topological polar surface area (TPSA) is 59.4 Å². The van der Waals surface area contributed by atoms with Gasteiger partial charge in [0, 0.05) is 10.4 Å². The van der Waals surface area contributed by atoms with Gasteiger partial charge in [-0.25, -0.2) is 4.98 Å². The van der Waals surface area contributed by atoms with Gasteiger partial charge in [-0.15, -0.1) is 11.3 Å². The zero-order valence-corrected chi connectivity index (χ0v) is 11.7. The second kappa shape index (κ2) is 5.84. The third-order valence-electron chi connectivity index (χ3n) is 2.72. The second-order valence-electron chi connectivity index (χ2n) is 4.00. The number of carboxylic acid groups (broad SMARTS) is 1. The number of carbonyl (C=O) groups is 1. The van der Waals surface area contributed by atoms with Crippen LogP contribution in [-0.2, 0) is 17.6 Å². The number of hydrogen-bond donors (Lipinski definition) is 1. The molecule has 5 heteroatoms. The van der Waals surface area contributed by atoms with Crippen LogP contribution in [0.15, 0.2) is 24.3 Å². The summed E-state index contributed by atoms with van der Waals surface area (Å²) in [6, 6.07) is 7.53. The maximum absolute atomic E-state index is 11.0. The number of para-hydroxylation sites is 1. The molecule has 0 bridgehead atoms. The van der Waals surface area contributed by atoms with Gasteiger partial charge in [-0.05, 0) is 18.6 Å². The minimum Gasteiger partial charge on any atom is -0.496 e. The van der Waals surface area contributed by atoms with Crippen LogP contribution in [0, 0.1) is 0 Å². The van der Waals surface area contributed by atoms with E-state index < -0.39 is 5.97 Å². The largest absolute Gasteiger partial charge is 0.496 e. The fourth-order valence-corrected chi connectivity index (χ4v) is 2.87. The number of benzene rings is 1. The highest BCUT2D eigenvalue weighted by Gasteiger charge is 2.17. The van der Waals surface area contributed by atoms with Crippen molar-refractivity contribution < 1.29 is 14.6 Å². The van der Waals surface area contributed by atoms with Gasteiger partial charge in [0.05, 0.1) is 24.2 Å². The summed E-state index contributed by atoms with van der Waals surface area (Å²) in [5.41, 5.74) is 1.57. The minimum absolute atomic E-state index is 0.00888. The Bertz CT molecular complexity index is 592. The summed E-state index contributed by atoms with van der Waals surface area (Å²) in [7, 11) is 1.60. The maximum Gasteiger partial charge on any atom is 0.308 e. The van der Waals surface area contributed by atoms with E-state index in [0.29, 0.717) is 5.75 Å². The highest BCUT2D eigenvalue weighted by atomic mass is 32.1. The van der Waals surface area contributed by atoms with Gasteiger partial charge in [-0.2, -0.15) is 0 Å². The first kappa shape index (κ1) is 13.5. The molecule has 2 aromatic rings. The lowest BCUT2D eigenvalue weighted by molar-refractivity contribution is -0.136. The fourth-order valence-electron chi connectivity index (χ4n) is 1.86. The van der Waals surface area contributed by atoms with E-state index in [-0.39, 0.29) is 6.42 Å². The van der Waals surface area contributed by atoms with Crippen molar-refractivity contribution in [2.45, 2.75) is 19.8 Å². The van der Waals surface area contributed by atoms with Crippen LogP contribution >= 0.6 is 11.3 Å². The number of methoxy groups -OCH3 is 1. The van der Waals surface area contributed by atoms with Gasteiger partial charge >= 0.3 is 5.97 Å². The Morgan fingerprint density at radius 3 is 2.79 bits per heavy atom. The van der Waals surface area contributed by atoms with Crippen LogP contribution in [0.5, 0.6) is 5.75 Å². The number of rotatable bonds is 5. The molecule has 4 nitrogen and oxygen atoms in total. The molecule has 0 amide bonds. The second-order valence-corrected chi connectivity index (χ2v) is 5.17. The molecule has 1 heterocycles. The zero-order chi connectivity index (χ0) is 13.8. The Morgan fingerprint density at radius 2 is 2.16 bits per heavy atom. The predicted molar refractivity (Wildman–Crippen MR) is 74.8 cm³/mol. The van der Waals surface area contributed by atoms with E-state index in [0.717, 1.165) is 27.6 Å². The molecule has 0 atom stereocenters. The summed E-state index contributed by atoms with van der Waals surface area (Å²) in [6.07, 6.45) is 0.789. The molecule has 0 fully saturated rings. The smallest absolute Gasteiger partial charge is 0.308 e. The average molecular weight is 277 g/mol. The highest BCUT2D eigenvalue weighted by molar-refractivity contribution is 7.12. The Morgan fingerprint density at radius 1 is 1.42 bits per heavy atom. The molecule has 0 aliphatic rings. The van der Waals surface area contributed by atoms with Gasteiger partial charge < -0.3 is 9.84 Å². The summed E-state index contributed by atoms with van der Waals surface area (Å²) in [5, 5.41) is 9.94. The van der Waals surface area contributed by atoms with Gasteiger partial charge in [0.15, 0.2) is 0 Å². The van der Waals surface area contributed by atoms with Crippen LogP contribution in [-0.4, -0.2) is 23.2 Å². The fraction of sp³-hybridized carbons (Fsp3) is 0.286. The predicted octanol–water partition coefficient (Wildman–Crippen LogP) is 3.01. The molecule has 0 saturated heterocycles. The van der Waals surface area contributed by atoms with Gasteiger partial charge in [-0.3, -0.25) is 4.79 Å². The average Bonchev–Trinajstić information content (AvgIpc) is 2.80. The zero-order valence-electron chi connectivity index (χ0n) is 10.8. The summed E-state index contributed by atoms with van der Waals surface area (Å²) in [6.45, 7) is 2.01. The quantitative estimate of drug-likeness (QED) is 0.912. The minimum atomic E-state index is -0.845. The Labute approximate surface area is 115 Å². The van der Waals surface area contributed by atoms with Crippen LogP contribution < -0.4 is 4.74 Å². The van der Waals surface area contributed by atoms with E-state index in [1.165, 1.54) is 11.3 Å². The van der Waals surface area contributed by atoms with E-state index in [4.69, 9.17) is 9.84 Å². The molecule has 1 N–H and O–H groups in total. The van der Waals surface area contributed by atoms with E-state index in [1.54, 1.807) is 7.11 Å². The van der Waals surface area contributed by atoms with Crippen LogP contribution in [0.2, 0.25) is 0 Å². The van der Waals surface area contributed by atoms with E-state index in [9.17, 15) is 4.79 Å². The third-order valence-corrected chi connectivity index (χ3v) is 3.92. The van der Waals surface area contributed by atoms with Crippen LogP contribution in [0.3, 0.4) is 0 Å². The molecule has 0 radical (unpaired) electrons. The Kier molecular flexibility index (Phi) is 4.16. The summed E-state index contributed by atoms with van der Waals surface area (Å²) >= 11 is 1.45. The van der Waals surface area contributed by atoms with E-state index in [1.807, 2.05) is 31.2 Å². The van der Waals surface area contributed by atoms with Gasteiger partial charge in [0.25, 0.3) is 0 Å². The van der Waals surface area contributed by atoms with E-state index in [2.05, 4.69) is 4.98 Å². The number of aryl methyl sites for hydroxylation is 1. The van der Waals surface area contributed by atoms with Crippen molar-refractivity contribution in [2.24, 2.45) is 0 Å². The summed E-state index contributed by atoms with van der Waals surface area (Å²) < 4.78 is 5.32. The first-order valence-corrected chi connectivity index (χ1v) is 6.81. The van der Waals surface area contributed by atoms with Crippen molar-refractivity contribution in [3.8, 4) is 17.0 Å². The van der Waals surface area contributed by atoms with E-state index >= 15 is 0 Å². The van der Waals surface area contributed by atoms with Crippen molar-refractivity contribution in [3.63, 3.8) is 0 Å². The maximum atomic E-state index is 11.0. The molecular weight excluding hydrogens is 262 g/mol. The number of thiazole rings is 1. The molecule has 0 unspecified atom stereocenters. The normalized spacial score (nSPS) is 10.4. The van der Waals surface area contributed by atoms with Crippen molar-refractivity contribution >= 4 is 17.3 Å². The number of carboxylic acids is 1. The first-order chi connectivity index (χ1) is 9.15. The molecule has 19 heavy (non-hydrogen) atoms. The van der Waals surface area contributed by atoms with Gasteiger partial charge in [0.1, 0.15) is 5.75 Å². The molecule has 0 aliphatic carbocycles. The van der Waals surface area contributed by atoms with Crippen molar-refractivity contribution in [1.29, 1.82) is 0 Å². The number of nitrogens with zero attached hydrogens (tertiary/aromatic N) is 1. The monoisotopic (exact) mass is 277 g/mol. The number of aromatic nitrogens is 1. The SMILES string of the molecule is CCc1nc(-c2ccccc2OC)c(CC(=O)O)s1. The van der Waals surface area contributed by atoms with Crippen LogP contribution in [0.1, 0.15) is 16.8 Å². The van der Waals surface area contributed by atoms with Crippen molar-refractivity contribution in [3.05, 3.63) is 34.2 Å². The molecule has 1 aromatic heterocycles. The van der Waals surface area contributed by atoms with Crippen molar-refractivity contribution in [2.75, 3.05) is 7.11 Å².